The summed E-state index contributed by atoms with van der Waals surface area (Å²) in [4.78, 5) is 0. The van der Waals surface area contributed by atoms with Crippen LogP contribution in [0.3, 0.4) is 0 Å². The summed E-state index contributed by atoms with van der Waals surface area (Å²) in [6.07, 6.45) is 21.5. The first-order valence-corrected chi connectivity index (χ1v) is 10.4. The Kier molecular flexibility index (Phi) is 17.6. The molecule has 0 amide bonds. The fraction of sp³-hybridized carbons (Fsp3) is 1.00. The first-order chi connectivity index (χ1) is 11.7. The van der Waals surface area contributed by atoms with E-state index < -0.39 is 5.97 Å². The molecule has 0 aliphatic carbocycles. The van der Waals surface area contributed by atoms with Gasteiger partial charge in [0, 0.05) is 27.8 Å². The lowest BCUT2D eigenvalue weighted by molar-refractivity contribution is -0.355. The standard InChI is InChI=1S/C21H44O3/c1-5-6-7-8-9-10-11-12-13-14-15-16-17-18-19-20-21(22-2,23-3)24-4/h5-20H2,1-4H3. The van der Waals surface area contributed by atoms with Crippen LogP contribution in [0.4, 0.5) is 0 Å². The summed E-state index contributed by atoms with van der Waals surface area (Å²) in [6.45, 7) is 2.28. The number of unbranched alkanes of at least 4 members (excludes halogenated alkanes) is 14. The van der Waals surface area contributed by atoms with E-state index in [4.69, 9.17) is 14.2 Å². The molecule has 0 aromatic heterocycles. The van der Waals surface area contributed by atoms with Crippen LogP contribution in [0.15, 0.2) is 0 Å². The highest BCUT2D eigenvalue weighted by atomic mass is 16.9. The van der Waals surface area contributed by atoms with Gasteiger partial charge in [0.15, 0.2) is 0 Å². The van der Waals surface area contributed by atoms with E-state index in [1.165, 1.54) is 89.9 Å². The molecular formula is C21H44O3. The Hall–Kier alpha value is -0.120. The molecule has 0 aromatic rings. The van der Waals surface area contributed by atoms with Crippen LogP contribution in [0.25, 0.3) is 0 Å². The van der Waals surface area contributed by atoms with Crippen LogP contribution < -0.4 is 0 Å². The third kappa shape index (κ3) is 13.2. The minimum Gasteiger partial charge on any atom is -0.331 e. The molecule has 24 heavy (non-hydrogen) atoms. The van der Waals surface area contributed by atoms with Gasteiger partial charge < -0.3 is 14.2 Å². The Morgan fingerprint density at radius 3 is 1.04 bits per heavy atom. The number of rotatable bonds is 19. The third-order valence-corrected chi connectivity index (χ3v) is 5.02. The zero-order valence-electron chi connectivity index (χ0n) is 17.0. The van der Waals surface area contributed by atoms with Crippen LogP contribution in [-0.2, 0) is 14.2 Å². The fourth-order valence-electron chi connectivity index (χ4n) is 3.27. The monoisotopic (exact) mass is 344 g/mol. The zero-order valence-corrected chi connectivity index (χ0v) is 17.0. The summed E-state index contributed by atoms with van der Waals surface area (Å²) in [6, 6.07) is 0. The molecule has 0 radical (unpaired) electrons. The molecule has 0 unspecified atom stereocenters. The van der Waals surface area contributed by atoms with Crippen molar-refractivity contribution in [2.75, 3.05) is 21.3 Å². The smallest absolute Gasteiger partial charge is 0.282 e. The normalized spacial score (nSPS) is 12.0. The van der Waals surface area contributed by atoms with E-state index in [1.807, 2.05) is 0 Å². The molecule has 0 saturated carbocycles. The Bertz CT molecular complexity index is 231. The van der Waals surface area contributed by atoms with Crippen LogP contribution in [-0.4, -0.2) is 27.3 Å². The van der Waals surface area contributed by atoms with Crippen molar-refractivity contribution in [3.05, 3.63) is 0 Å². The summed E-state index contributed by atoms with van der Waals surface area (Å²) in [5.74, 6) is -0.837. The number of methoxy groups -OCH3 is 3. The van der Waals surface area contributed by atoms with Crippen LogP contribution in [0.1, 0.15) is 110 Å². The highest BCUT2D eigenvalue weighted by molar-refractivity contribution is 4.57. The lowest BCUT2D eigenvalue weighted by Crippen LogP contribution is -2.35. The van der Waals surface area contributed by atoms with Crippen LogP contribution in [0, 0.1) is 0 Å². The fourth-order valence-corrected chi connectivity index (χ4v) is 3.27. The molecule has 0 bridgehead atoms. The summed E-state index contributed by atoms with van der Waals surface area (Å²) in [5, 5.41) is 0. The Morgan fingerprint density at radius 1 is 0.458 bits per heavy atom. The minimum atomic E-state index is -0.837. The van der Waals surface area contributed by atoms with Crippen molar-refractivity contribution >= 4 is 0 Å². The largest absolute Gasteiger partial charge is 0.331 e. The van der Waals surface area contributed by atoms with Gasteiger partial charge in [-0.2, -0.15) is 0 Å². The average molecular weight is 345 g/mol. The summed E-state index contributed by atoms with van der Waals surface area (Å²) < 4.78 is 15.9. The molecule has 3 nitrogen and oxygen atoms in total. The first kappa shape index (κ1) is 23.9. The highest BCUT2D eigenvalue weighted by Crippen LogP contribution is 2.21. The van der Waals surface area contributed by atoms with Gasteiger partial charge in [-0.05, 0) is 6.42 Å². The van der Waals surface area contributed by atoms with Crippen molar-refractivity contribution in [2.24, 2.45) is 0 Å². The summed E-state index contributed by atoms with van der Waals surface area (Å²) >= 11 is 0. The molecule has 0 aliphatic heterocycles. The predicted molar refractivity (Wildman–Crippen MR) is 103 cm³/mol. The van der Waals surface area contributed by atoms with Crippen molar-refractivity contribution in [3.8, 4) is 0 Å². The molecule has 146 valence electrons. The van der Waals surface area contributed by atoms with E-state index in [-0.39, 0.29) is 0 Å². The molecular weight excluding hydrogens is 300 g/mol. The van der Waals surface area contributed by atoms with Gasteiger partial charge >= 0.3 is 0 Å². The van der Waals surface area contributed by atoms with Crippen LogP contribution >= 0.6 is 0 Å². The van der Waals surface area contributed by atoms with Crippen molar-refractivity contribution in [2.45, 2.75) is 116 Å². The van der Waals surface area contributed by atoms with Crippen molar-refractivity contribution < 1.29 is 14.2 Å². The molecule has 0 saturated heterocycles. The van der Waals surface area contributed by atoms with Crippen molar-refractivity contribution in [3.63, 3.8) is 0 Å². The van der Waals surface area contributed by atoms with Gasteiger partial charge in [-0.25, -0.2) is 0 Å². The SMILES string of the molecule is CCCCCCCCCCCCCCCCCC(OC)(OC)OC. The maximum atomic E-state index is 5.31. The van der Waals surface area contributed by atoms with Crippen LogP contribution in [0.2, 0.25) is 0 Å². The van der Waals surface area contributed by atoms with E-state index in [0.29, 0.717) is 0 Å². The van der Waals surface area contributed by atoms with E-state index in [2.05, 4.69) is 6.92 Å². The van der Waals surface area contributed by atoms with Gasteiger partial charge in [-0.3, -0.25) is 0 Å². The third-order valence-electron chi connectivity index (χ3n) is 5.02. The van der Waals surface area contributed by atoms with Gasteiger partial charge in [-0.1, -0.05) is 96.8 Å². The molecule has 0 fully saturated rings. The maximum absolute atomic E-state index is 5.31. The van der Waals surface area contributed by atoms with Gasteiger partial charge in [-0.15, -0.1) is 0 Å². The van der Waals surface area contributed by atoms with Gasteiger partial charge in [0.25, 0.3) is 5.97 Å². The molecule has 3 heteroatoms. The van der Waals surface area contributed by atoms with Gasteiger partial charge in [0.1, 0.15) is 0 Å². The Morgan fingerprint density at radius 2 is 0.750 bits per heavy atom. The number of hydrogen-bond donors (Lipinski definition) is 0. The van der Waals surface area contributed by atoms with E-state index >= 15 is 0 Å². The number of ether oxygens (including phenoxy) is 3. The van der Waals surface area contributed by atoms with Gasteiger partial charge in [0.2, 0.25) is 0 Å². The second-order valence-corrected chi connectivity index (χ2v) is 7.00. The van der Waals surface area contributed by atoms with E-state index in [0.717, 1.165) is 12.8 Å². The first-order valence-electron chi connectivity index (χ1n) is 10.4. The topological polar surface area (TPSA) is 27.7 Å². The zero-order chi connectivity index (χ0) is 17.9. The number of hydrogen-bond acceptors (Lipinski definition) is 3. The highest BCUT2D eigenvalue weighted by Gasteiger charge is 2.28. The molecule has 0 atom stereocenters. The lowest BCUT2D eigenvalue weighted by Gasteiger charge is -2.28. The molecule has 0 heterocycles. The van der Waals surface area contributed by atoms with Crippen molar-refractivity contribution in [1.29, 1.82) is 0 Å². The molecule has 0 N–H and O–H groups in total. The van der Waals surface area contributed by atoms with E-state index in [9.17, 15) is 0 Å². The summed E-state index contributed by atoms with van der Waals surface area (Å²) in [5.41, 5.74) is 0. The van der Waals surface area contributed by atoms with E-state index in [1.54, 1.807) is 21.3 Å². The van der Waals surface area contributed by atoms with Crippen LogP contribution in [0.5, 0.6) is 0 Å². The van der Waals surface area contributed by atoms with Crippen molar-refractivity contribution in [1.82, 2.24) is 0 Å². The van der Waals surface area contributed by atoms with Gasteiger partial charge in [0.05, 0.1) is 0 Å². The predicted octanol–water partition coefficient (Wildman–Crippen LogP) is 6.84. The average Bonchev–Trinajstić information content (AvgIpc) is 2.62. The molecule has 0 aromatic carbocycles. The Balaban J connectivity index is 3.23. The molecule has 0 aliphatic rings. The molecule has 0 spiro atoms. The molecule has 0 rings (SSSR count). The summed E-state index contributed by atoms with van der Waals surface area (Å²) in [7, 11) is 4.91. The second-order valence-electron chi connectivity index (χ2n) is 7.00. The Labute approximate surface area is 151 Å². The minimum absolute atomic E-state index is 0.800. The lowest BCUT2D eigenvalue weighted by atomic mass is 10.0. The quantitative estimate of drug-likeness (QED) is 0.190. The second kappa shape index (κ2) is 17.7. The maximum Gasteiger partial charge on any atom is 0.282 e.